The first-order valence-electron chi connectivity index (χ1n) is 9.83. The summed E-state index contributed by atoms with van der Waals surface area (Å²) in [5.41, 5.74) is 2.56. The number of fused-ring (bicyclic) bond motifs is 2. The van der Waals surface area contributed by atoms with Crippen LogP contribution in [-0.2, 0) is 4.79 Å². The van der Waals surface area contributed by atoms with E-state index in [-0.39, 0.29) is 12.3 Å². The van der Waals surface area contributed by atoms with E-state index in [0.29, 0.717) is 33.8 Å². The Labute approximate surface area is 186 Å². The number of hydrogen-bond donors (Lipinski definition) is 1. The third kappa shape index (κ3) is 3.36. The first kappa shape index (κ1) is 20.0. The summed E-state index contributed by atoms with van der Waals surface area (Å²) in [6.45, 7) is 4.35. The number of thiazole rings is 1. The van der Waals surface area contributed by atoms with Gasteiger partial charge in [0.25, 0.3) is 0 Å². The first-order valence-corrected chi connectivity index (χ1v) is 11.0. The summed E-state index contributed by atoms with van der Waals surface area (Å²) >= 11 is 7.77. The van der Waals surface area contributed by atoms with E-state index in [9.17, 15) is 9.18 Å². The molecule has 31 heavy (non-hydrogen) atoms. The highest BCUT2D eigenvalue weighted by molar-refractivity contribution is 7.20. The molecule has 6 nitrogen and oxygen atoms in total. The topological polar surface area (TPSA) is 69.0 Å². The van der Waals surface area contributed by atoms with Gasteiger partial charge in [-0.25, -0.2) is 9.37 Å². The zero-order chi connectivity index (χ0) is 21.7. The van der Waals surface area contributed by atoms with Crippen molar-refractivity contribution in [1.29, 1.82) is 0 Å². The van der Waals surface area contributed by atoms with Gasteiger partial charge in [0, 0.05) is 28.5 Å². The van der Waals surface area contributed by atoms with Crippen LogP contribution in [0, 0.1) is 12.7 Å². The molecule has 4 aromatic rings. The summed E-state index contributed by atoms with van der Waals surface area (Å²) in [6.07, 6.45) is 0.0950. The molecule has 0 bridgehead atoms. The zero-order valence-corrected chi connectivity index (χ0v) is 18.4. The van der Waals surface area contributed by atoms with E-state index in [1.165, 1.54) is 17.4 Å². The molecule has 0 fully saturated rings. The average molecular weight is 457 g/mol. The molecule has 0 spiro atoms. The summed E-state index contributed by atoms with van der Waals surface area (Å²) in [7, 11) is 0. The maximum absolute atomic E-state index is 14.7. The fourth-order valence-electron chi connectivity index (χ4n) is 4.02. The maximum Gasteiger partial charge on any atom is 0.226 e. The van der Waals surface area contributed by atoms with Gasteiger partial charge in [0.2, 0.25) is 11.0 Å². The molecule has 158 valence electrons. The minimum Gasteiger partial charge on any atom is -0.494 e. The number of nitrogens with zero attached hydrogens (tertiary/aromatic N) is 3. The average Bonchev–Trinajstić information content (AvgIpc) is 3.28. The molecule has 1 amide bonds. The molecule has 2 aromatic heterocycles. The molecular formula is C22H18ClFN4O2S. The van der Waals surface area contributed by atoms with E-state index in [1.807, 2.05) is 32.0 Å². The van der Waals surface area contributed by atoms with Crippen molar-refractivity contribution in [3.63, 3.8) is 0 Å². The first-order chi connectivity index (χ1) is 15.0. The smallest absolute Gasteiger partial charge is 0.226 e. The molecule has 0 saturated carbocycles. The molecule has 3 heterocycles. The predicted octanol–water partition coefficient (Wildman–Crippen LogP) is 5.46. The van der Waals surface area contributed by atoms with Crippen molar-refractivity contribution in [2.24, 2.45) is 0 Å². The Kier molecular flexibility index (Phi) is 4.91. The van der Waals surface area contributed by atoms with Gasteiger partial charge in [0.15, 0.2) is 0 Å². The Bertz CT molecular complexity index is 1310. The second kappa shape index (κ2) is 7.62. The summed E-state index contributed by atoms with van der Waals surface area (Å²) in [5.74, 6) is 0.0881. The van der Waals surface area contributed by atoms with Crippen LogP contribution >= 0.6 is 22.9 Å². The highest BCUT2D eigenvalue weighted by atomic mass is 35.5. The van der Waals surface area contributed by atoms with E-state index in [1.54, 1.807) is 16.8 Å². The number of aromatic nitrogens is 3. The normalized spacial score (nSPS) is 15.7. The minimum absolute atomic E-state index is 0.0950. The lowest BCUT2D eigenvalue weighted by molar-refractivity contribution is -0.116. The van der Waals surface area contributed by atoms with Crippen molar-refractivity contribution in [3.05, 3.63) is 64.1 Å². The lowest BCUT2D eigenvalue weighted by Gasteiger charge is -2.25. The number of ether oxygens (including phenoxy) is 1. The number of hydrogen-bond acceptors (Lipinski definition) is 5. The number of nitrogens with one attached hydrogen (secondary N) is 1. The number of amides is 1. The van der Waals surface area contributed by atoms with Gasteiger partial charge < -0.3 is 10.1 Å². The number of carbonyl (C=O) groups is 1. The predicted molar refractivity (Wildman–Crippen MR) is 119 cm³/mol. The minimum atomic E-state index is -0.523. The van der Waals surface area contributed by atoms with Gasteiger partial charge in [-0.1, -0.05) is 29.0 Å². The van der Waals surface area contributed by atoms with Crippen LogP contribution in [0.15, 0.2) is 36.4 Å². The quantitative estimate of drug-likeness (QED) is 0.443. The molecule has 1 N–H and O–H groups in total. The molecule has 1 atom stereocenters. The lowest BCUT2D eigenvalue weighted by Crippen LogP contribution is -2.25. The summed E-state index contributed by atoms with van der Waals surface area (Å²) in [6, 6.07) is 10.2. The third-order valence-corrected chi connectivity index (χ3v) is 6.61. The molecule has 5 rings (SSSR count). The van der Waals surface area contributed by atoms with E-state index in [0.717, 1.165) is 21.5 Å². The highest BCUT2D eigenvalue weighted by Crippen LogP contribution is 2.43. The van der Waals surface area contributed by atoms with Crippen molar-refractivity contribution < 1.29 is 13.9 Å². The molecule has 9 heteroatoms. The van der Waals surface area contributed by atoms with Crippen LogP contribution in [0.5, 0.6) is 5.75 Å². The van der Waals surface area contributed by atoms with Crippen molar-refractivity contribution in [2.45, 2.75) is 26.2 Å². The zero-order valence-electron chi connectivity index (χ0n) is 16.8. The molecule has 2 aromatic carbocycles. The SMILES string of the molecule is CCOc1ccc2nc(-n3nc(C)c4c3NC(=O)CC4c3c(F)cccc3Cl)sc2c1. The Morgan fingerprint density at radius 3 is 2.94 bits per heavy atom. The van der Waals surface area contributed by atoms with Crippen LogP contribution in [0.3, 0.4) is 0 Å². The number of carbonyl (C=O) groups excluding carboxylic acids is 1. The van der Waals surface area contributed by atoms with Gasteiger partial charge in [0.05, 0.1) is 22.5 Å². The fraction of sp³-hybridized carbons (Fsp3) is 0.227. The van der Waals surface area contributed by atoms with Gasteiger partial charge in [0.1, 0.15) is 17.4 Å². The van der Waals surface area contributed by atoms with Crippen molar-refractivity contribution in [3.8, 4) is 10.9 Å². The van der Waals surface area contributed by atoms with Crippen LogP contribution in [0.25, 0.3) is 15.3 Å². The Morgan fingerprint density at radius 2 is 2.16 bits per heavy atom. The number of rotatable bonds is 4. The van der Waals surface area contributed by atoms with Crippen LogP contribution in [0.2, 0.25) is 5.02 Å². The Hall–Kier alpha value is -2.97. The van der Waals surface area contributed by atoms with Crippen molar-refractivity contribution in [1.82, 2.24) is 14.8 Å². The largest absolute Gasteiger partial charge is 0.494 e. The standard InChI is InChI=1S/C22H18ClFN4O2S/c1-3-30-12-7-8-16-17(9-12)31-22(25-16)28-21-19(11(2)27-28)13(10-18(29)26-21)20-14(23)5-4-6-15(20)24/h4-9,13H,3,10H2,1-2H3,(H,26,29). The van der Waals surface area contributed by atoms with Crippen LogP contribution in [0.4, 0.5) is 10.2 Å². The summed E-state index contributed by atoms with van der Waals surface area (Å²) in [5, 5.41) is 8.44. The van der Waals surface area contributed by atoms with E-state index >= 15 is 0 Å². The number of benzene rings is 2. The third-order valence-electron chi connectivity index (χ3n) is 5.29. The molecule has 1 unspecified atom stereocenters. The van der Waals surface area contributed by atoms with E-state index in [4.69, 9.17) is 16.3 Å². The number of aryl methyl sites for hydroxylation is 1. The monoisotopic (exact) mass is 456 g/mol. The molecule has 0 aliphatic carbocycles. The molecular weight excluding hydrogens is 439 g/mol. The lowest BCUT2D eigenvalue weighted by atomic mass is 9.85. The Balaban J connectivity index is 1.65. The van der Waals surface area contributed by atoms with Gasteiger partial charge >= 0.3 is 0 Å². The van der Waals surface area contributed by atoms with Crippen LogP contribution in [-0.4, -0.2) is 27.3 Å². The van der Waals surface area contributed by atoms with Gasteiger partial charge in [-0.15, -0.1) is 0 Å². The van der Waals surface area contributed by atoms with Crippen molar-refractivity contribution >= 4 is 44.9 Å². The second-order valence-electron chi connectivity index (χ2n) is 7.26. The summed E-state index contributed by atoms with van der Waals surface area (Å²) < 4.78 is 22.8. The molecule has 0 saturated heterocycles. The highest BCUT2D eigenvalue weighted by Gasteiger charge is 2.35. The van der Waals surface area contributed by atoms with E-state index in [2.05, 4.69) is 15.4 Å². The van der Waals surface area contributed by atoms with Crippen molar-refractivity contribution in [2.75, 3.05) is 11.9 Å². The number of halogens is 2. The van der Waals surface area contributed by atoms with Crippen LogP contribution in [0.1, 0.15) is 36.1 Å². The van der Waals surface area contributed by atoms with Gasteiger partial charge in [-0.05, 0) is 44.2 Å². The maximum atomic E-state index is 14.7. The fourth-order valence-corrected chi connectivity index (χ4v) is 5.26. The summed E-state index contributed by atoms with van der Waals surface area (Å²) in [4.78, 5) is 17.2. The molecule has 1 aliphatic heterocycles. The Morgan fingerprint density at radius 1 is 1.32 bits per heavy atom. The molecule has 1 aliphatic rings. The van der Waals surface area contributed by atoms with E-state index < -0.39 is 11.7 Å². The molecule has 0 radical (unpaired) electrons. The van der Waals surface area contributed by atoms with Gasteiger partial charge in [-0.2, -0.15) is 9.78 Å². The number of anilines is 1. The second-order valence-corrected chi connectivity index (χ2v) is 8.67. The van der Waals surface area contributed by atoms with Gasteiger partial charge in [-0.3, -0.25) is 4.79 Å². The van der Waals surface area contributed by atoms with Crippen LogP contribution < -0.4 is 10.1 Å².